The first-order valence-corrected chi connectivity index (χ1v) is 11.7. The number of rotatable bonds is 9. The summed E-state index contributed by atoms with van der Waals surface area (Å²) in [5.74, 6) is -0.185. The Hall–Kier alpha value is -2.26. The first-order valence-electron chi connectivity index (χ1n) is 10.2. The number of piperazine rings is 1. The van der Waals surface area contributed by atoms with Crippen molar-refractivity contribution < 1.29 is 13.2 Å². The number of benzene rings is 2. The van der Waals surface area contributed by atoms with E-state index in [4.69, 9.17) is 0 Å². The minimum absolute atomic E-state index is 0.0620. The third-order valence-corrected chi connectivity index (χ3v) is 6.66. The van der Waals surface area contributed by atoms with E-state index in [9.17, 15) is 13.2 Å². The van der Waals surface area contributed by atoms with Gasteiger partial charge in [-0.05, 0) is 30.3 Å². The summed E-state index contributed by atoms with van der Waals surface area (Å²) in [6, 6.07) is 16.4. The minimum atomic E-state index is -3.58. The van der Waals surface area contributed by atoms with Crippen LogP contribution in [0.2, 0.25) is 0 Å². The summed E-state index contributed by atoms with van der Waals surface area (Å²) in [6.07, 6.45) is 0.0903. The molecule has 1 saturated heterocycles. The smallest absolute Gasteiger partial charge is 0.240 e. The van der Waals surface area contributed by atoms with E-state index in [0.717, 1.165) is 38.3 Å². The third kappa shape index (κ3) is 6.91. The lowest BCUT2D eigenvalue weighted by molar-refractivity contribution is -0.121. The molecule has 1 aliphatic heterocycles. The van der Waals surface area contributed by atoms with Crippen molar-refractivity contribution in [2.75, 3.05) is 39.8 Å². The number of carbonyl (C=O) groups is 1. The molecule has 30 heavy (non-hydrogen) atoms. The van der Waals surface area contributed by atoms with Gasteiger partial charge in [-0.1, -0.05) is 42.5 Å². The second kappa shape index (κ2) is 10.7. The highest BCUT2D eigenvalue weighted by molar-refractivity contribution is 7.89. The Labute approximate surface area is 179 Å². The van der Waals surface area contributed by atoms with Crippen molar-refractivity contribution in [2.24, 2.45) is 0 Å². The monoisotopic (exact) mass is 430 g/mol. The van der Waals surface area contributed by atoms with Crippen LogP contribution in [0.25, 0.3) is 0 Å². The van der Waals surface area contributed by atoms with E-state index in [1.54, 1.807) is 18.2 Å². The largest absolute Gasteiger partial charge is 0.352 e. The second-order valence-corrected chi connectivity index (χ2v) is 9.40. The van der Waals surface area contributed by atoms with Crippen LogP contribution in [0.15, 0.2) is 59.5 Å². The van der Waals surface area contributed by atoms with Crippen LogP contribution in [0.5, 0.6) is 0 Å². The number of likely N-dealkylation sites (N-methyl/N-ethyl adjacent to an activating group) is 1. The van der Waals surface area contributed by atoms with Crippen molar-refractivity contribution in [3.05, 3.63) is 65.7 Å². The summed E-state index contributed by atoms with van der Waals surface area (Å²) in [5.41, 5.74) is 2.28. The maximum absolute atomic E-state index is 12.2. The summed E-state index contributed by atoms with van der Waals surface area (Å²) < 4.78 is 26.8. The van der Waals surface area contributed by atoms with Gasteiger partial charge in [0.05, 0.1) is 4.90 Å². The summed E-state index contributed by atoms with van der Waals surface area (Å²) in [7, 11) is -1.44. The van der Waals surface area contributed by atoms with Gasteiger partial charge in [0.1, 0.15) is 0 Å². The maximum atomic E-state index is 12.2. The zero-order chi connectivity index (χ0) is 21.4. The molecule has 0 atom stereocenters. The molecule has 0 bridgehead atoms. The molecule has 2 N–H and O–H groups in total. The number of amides is 1. The Kier molecular flexibility index (Phi) is 7.98. The highest BCUT2D eigenvalue weighted by atomic mass is 32.2. The Bertz CT molecular complexity index is 926. The van der Waals surface area contributed by atoms with Crippen molar-refractivity contribution >= 4 is 15.9 Å². The van der Waals surface area contributed by atoms with Gasteiger partial charge in [0, 0.05) is 52.2 Å². The van der Waals surface area contributed by atoms with E-state index in [1.807, 2.05) is 12.1 Å². The topological polar surface area (TPSA) is 81.8 Å². The first-order chi connectivity index (χ1) is 14.4. The molecule has 0 radical (unpaired) electrons. The molecule has 1 fully saturated rings. The zero-order valence-electron chi connectivity index (χ0n) is 17.4. The quantitative estimate of drug-likeness (QED) is 0.629. The zero-order valence-corrected chi connectivity index (χ0v) is 18.2. The van der Waals surface area contributed by atoms with Gasteiger partial charge in [0.2, 0.25) is 15.9 Å². The number of nitrogens with zero attached hydrogens (tertiary/aromatic N) is 2. The van der Waals surface area contributed by atoms with E-state index in [0.29, 0.717) is 6.54 Å². The predicted molar refractivity (Wildman–Crippen MR) is 117 cm³/mol. The van der Waals surface area contributed by atoms with Crippen LogP contribution >= 0.6 is 0 Å². The normalized spacial score (nSPS) is 15.8. The molecule has 0 saturated carbocycles. The van der Waals surface area contributed by atoms with E-state index in [1.165, 1.54) is 17.7 Å². The van der Waals surface area contributed by atoms with Gasteiger partial charge >= 0.3 is 0 Å². The Morgan fingerprint density at radius 2 is 1.67 bits per heavy atom. The molecule has 162 valence electrons. The molecule has 1 aliphatic rings. The number of hydrogen-bond acceptors (Lipinski definition) is 5. The fourth-order valence-electron chi connectivity index (χ4n) is 3.37. The molecule has 0 spiro atoms. The van der Waals surface area contributed by atoms with Gasteiger partial charge in [0.15, 0.2) is 0 Å². The van der Waals surface area contributed by atoms with E-state index in [2.05, 4.69) is 39.0 Å². The number of hydrogen-bond donors (Lipinski definition) is 2. The lowest BCUT2D eigenvalue weighted by atomic mass is 10.1. The lowest BCUT2D eigenvalue weighted by Gasteiger charge is -2.32. The standard InChI is InChI=1S/C22H30N4O3S/c1-25-12-14-26(15-13-25)18-20-7-5-6-19(16-20)17-23-22(27)10-11-24-30(28,29)21-8-3-2-4-9-21/h2-9,16,24H,10-15,17-18H2,1H3,(H,23,27). The average Bonchev–Trinajstić information content (AvgIpc) is 2.75. The molecule has 7 nitrogen and oxygen atoms in total. The summed E-state index contributed by atoms with van der Waals surface area (Å²) in [5, 5.41) is 2.87. The summed E-state index contributed by atoms with van der Waals surface area (Å²) >= 11 is 0. The summed E-state index contributed by atoms with van der Waals surface area (Å²) in [6.45, 7) is 5.71. The first kappa shape index (κ1) is 22.4. The average molecular weight is 431 g/mol. The maximum Gasteiger partial charge on any atom is 0.240 e. The molecule has 8 heteroatoms. The van der Waals surface area contributed by atoms with Crippen LogP contribution in [-0.2, 0) is 27.9 Å². The van der Waals surface area contributed by atoms with Crippen molar-refractivity contribution in [3.63, 3.8) is 0 Å². The second-order valence-electron chi connectivity index (χ2n) is 7.64. The Morgan fingerprint density at radius 3 is 2.40 bits per heavy atom. The van der Waals surface area contributed by atoms with Crippen LogP contribution < -0.4 is 10.0 Å². The van der Waals surface area contributed by atoms with Gasteiger partial charge in [0.25, 0.3) is 0 Å². The molecule has 0 aromatic heterocycles. The van der Waals surface area contributed by atoms with Crippen molar-refractivity contribution in [2.45, 2.75) is 24.4 Å². The molecule has 0 unspecified atom stereocenters. The molecule has 3 rings (SSSR count). The van der Waals surface area contributed by atoms with Crippen LogP contribution in [0.3, 0.4) is 0 Å². The van der Waals surface area contributed by atoms with Gasteiger partial charge in [-0.3, -0.25) is 9.69 Å². The number of carbonyl (C=O) groups excluding carboxylic acids is 1. The number of sulfonamides is 1. The minimum Gasteiger partial charge on any atom is -0.352 e. The predicted octanol–water partition coefficient (Wildman–Crippen LogP) is 1.42. The fourth-order valence-corrected chi connectivity index (χ4v) is 4.43. The molecular weight excluding hydrogens is 400 g/mol. The Balaban J connectivity index is 1.41. The Morgan fingerprint density at radius 1 is 0.967 bits per heavy atom. The SMILES string of the molecule is CN1CCN(Cc2cccc(CNC(=O)CCNS(=O)(=O)c3ccccc3)c2)CC1. The van der Waals surface area contributed by atoms with Gasteiger partial charge in [-0.25, -0.2) is 13.1 Å². The lowest BCUT2D eigenvalue weighted by Crippen LogP contribution is -2.43. The molecule has 2 aromatic rings. The van der Waals surface area contributed by atoms with Gasteiger partial charge in [-0.2, -0.15) is 0 Å². The molecular formula is C22H30N4O3S. The highest BCUT2D eigenvalue weighted by Gasteiger charge is 2.15. The summed E-state index contributed by atoms with van der Waals surface area (Å²) in [4.78, 5) is 17.1. The van der Waals surface area contributed by atoms with Crippen molar-refractivity contribution in [1.82, 2.24) is 19.8 Å². The van der Waals surface area contributed by atoms with Crippen LogP contribution in [0.1, 0.15) is 17.5 Å². The van der Waals surface area contributed by atoms with Crippen LogP contribution in [-0.4, -0.2) is 63.9 Å². The van der Waals surface area contributed by atoms with Gasteiger partial charge < -0.3 is 10.2 Å². The molecule has 1 amide bonds. The number of nitrogens with one attached hydrogen (secondary N) is 2. The van der Waals surface area contributed by atoms with Crippen LogP contribution in [0, 0.1) is 0 Å². The molecule has 2 aromatic carbocycles. The van der Waals surface area contributed by atoms with Crippen LogP contribution in [0.4, 0.5) is 0 Å². The van der Waals surface area contributed by atoms with Gasteiger partial charge in [-0.15, -0.1) is 0 Å². The van der Waals surface area contributed by atoms with Crippen molar-refractivity contribution in [3.8, 4) is 0 Å². The van der Waals surface area contributed by atoms with Crippen molar-refractivity contribution in [1.29, 1.82) is 0 Å². The van der Waals surface area contributed by atoms with E-state index < -0.39 is 10.0 Å². The molecule has 1 heterocycles. The molecule has 0 aliphatic carbocycles. The third-order valence-electron chi connectivity index (χ3n) is 5.18. The highest BCUT2D eigenvalue weighted by Crippen LogP contribution is 2.11. The fraction of sp³-hybridized carbons (Fsp3) is 0.409. The van der Waals surface area contributed by atoms with E-state index >= 15 is 0 Å². The van der Waals surface area contributed by atoms with E-state index in [-0.39, 0.29) is 23.8 Å².